The number of ether oxygens (including phenoxy) is 1. The van der Waals surface area contributed by atoms with Crippen LogP contribution in [0.3, 0.4) is 0 Å². The van der Waals surface area contributed by atoms with Gasteiger partial charge in [0.15, 0.2) is 0 Å². The zero-order valence-corrected chi connectivity index (χ0v) is 15.4. The van der Waals surface area contributed by atoms with E-state index in [2.05, 4.69) is 16.6 Å². The summed E-state index contributed by atoms with van der Waals surface area (Å²) in [5, 5.41) is 14.0. The second-order valence-corrected chi connectivity index (χ2v) is 6.29. The van der Waals surface area contributed by atoms with Crippen LogP contribution in [0.4, 0.5) is 0 Å². The quantitative estimate of drug-likeness (QED) is 0.471. The van der Waals surface area contributed by atoms with Crippen LogP contribution in [0.15, 0.2) is 77.9 Å². The molecule has 0 saturated carbocycles. The maximum atomic E-state index is 8.99. The molecule has 0 aliphatic carbocycles. The summed E-state index contributed by atoms with van der Waals surface area (Å²) in [6, 6.07) is 24.8. The molecule has 0 aromatic heterocycles. The molecule has 0 aliphatic heterocycles. The summed E-state index contributed by atoms with van der Waals surface area (Å²) in [6.45, 7) is 0.996. The Morgan fingerprint density at radius 3 is 2.63 bits per heavy atom. The summed E-state index contributed by atoms with van der Waals surface area (Å²) >= 11 is 5.88. The summed E-state index contributed by atoms with van der Waals surface area (Å²) < 4.78 is 5.91. The highest BCUT2D eigenvalue weighted by Gasteiger charge is 2.02. The fourth-order valence-electron chi connectivity index (χ4n) is 2.46. The number of hydrogen-bond donors (Lipinski definition) is 1. The molecule has 0 amide bonds. The van der Waals surface area contributed by atoms with Crippen molar-refractivity contribution < 1.29 is 4.74 Å². The normalized spacial score (nSPS) is 10.5. The van der Waals surface area contributed by atoms with Crippen LogP contribution in [0.2, 0.25) is 5.02 Å². The highest BCUT2D eigenvalue weighted by molar-refractivity contribution is 6.30. The number of nitrogens with one attached hydrogen (secondary N) is 1. The van der Waals surface area contributed by atoms with E-state index in [9.17, 15) is 0 Å². The van der Waals surface area contributed by atoms with Crippen LogP contribution in [0.1, 0.15) is 22.3 Å². The Morgan fingerprint density at radius 2 is 1.81 bits per heavy atom. The number of halogens is 1. The van der Waals surface area contributed by atoms with Gasteiger partial charge in [0.2, 0.25) is 0 Å². The standard InChI is InChI=1S/C22H18ClN3O/c23-21-10-8-17(9-11-21)14-25-26-15-20-6-1-2-7-22(20)27-16-19-5-3-4-18(12-19)13-24/h1-12,15,25H,14,16H2/b26-15-. The first-order valence-corrected chi connectivity index (χ1v) is 8.83. The van der Waals surface area contributed by atoms with E-state index in [1.807, 2.05) is 66.7 Å². The number of nitriles is 1. The maximum absolute atomic E-state index is 8.99. The van der Waals surface area contributed by atoms with Crippen molar-refractivity contribution >= 4 is 17.8 Å². The van der Waals surface area contributed by atoms with Crippen molar-refractivity contribution in [3.8, 4) is 11.8 Å². The first-order valence-electron chi connectivity index (χ1n) is 8.46. The predicted molar refractivity (Wildman–Crippen MR) is 108 cm³/mol. The monoisotopic (exact) mass is 375 g/mol. The second kappa shape index (κ2) is 9.42. The van der Waals surface area contributed by atoms with E-state index in [4.69, 9.17) is 21.6 Å². The van der Waals surface area contributed by atoms with E-state index < -0.39 is 0 Å². The third-order valence-electron chi connectivity index (χ3n) is 3.86. The molecule has 0 aliphatic rings. The van der Waals surface area contributed by atoms with Gasteiger partial charge < -0.3 is 10.2 Å². The molecule has 0 atom stereocenters. The van der Waals surface area contributed by atoms with Gasteiger partial charge in [-0.05, 0) is 47.5 Å². The van der Waals surface area contributed by atoms with Crippen molar-refractivity contribution in [2.24, 2.45) is 5.10 Å². The molecule has 0 bridgehead atoms. The number of hydrogen-bond acceptors (Lipinski definition) is 4. The highest BCUT2D eigenvalue weighted by Crippen LogP contribution is 2.18. The van der Waals surface area contributed by atoms with Gasteiger partial charge in [0, 0.05) is 10.6 Å². The van der Waals surface area contributed by atoms with Gasteiger partial charge in [0.05, 0.1) is 24.4 Å². The Bertz CT molecular complexity index is 962. The van der Waals surface area contributed by atoms with Crippen LogP contribution in [0, 0.1) is 11.3 Å². The largest absolute Gasteiger partial charge is 0.488 e. The Hall–Kier alpha value is -3.29. The first-order chi connectivity index (χ1) is 13.2. The van der Waals surface area contributed by atoms with Gasteiger partial charge in [-0.2, -0.15) is 10.4 Å². The van der Waals surface area contributed by atoms with Gasteiger partial charge in [-0.1, -0.05) is 48.0 Å². The third kappa shape index (κ3) is 5.60. The van der Waals surface area contributed by atoms with Crippen LogP contribution >= 0.6 is 11.6 Å². The molecule has 0 saturated heterocycles. The summed E-state index contributed by atoms with van der Waals surface area (Å²) in [5.41, 5.74) is 6.56. The number of rotatable bonds is 7. The Labute approximate surface area is 163 Å². The van der Waals surface area contributed by atoms with Crippen LogP contribution < -0.4 is 10.2 Å². The van der Waals surface area contributed by atoms with E-state index in [-0.39, 0.29) is 0 Å². The SMILES string of the molecule is N#Cc1cccc(COc2ccccc2/C=N\NCc2ccc(Cl)cc2)c1. The summed E-state index contributed by atoms with van der Waals surface area (Å²) in [5.74, 6) is 0.733. The number of para-hydroxylation sites is 1. The molecule has 1 N–H and O–H groups in total. The third-order valence-corrected chi connectivity index (χ3v) is 4.11. The molecule has 134 valence electrons. The van der Waals surface area contributed by atoms with E-state index in [0.29, 0.717) is 23.7 Å². The number of hydrazone groups is 1. The molecule has 3 aromatic carbocycles. The van der Waals surface area contributed by atoms with E-state index >= 15 is 0 Å². The molecule has 3 aromatic rings. The zero-order chi connectivity index (χ0) is 18.9. The Kier molecular flexibility index (Phi) is 6.45. The van der Waals surface area contributed by atoms with Crippen LogP contribution in [-0.4, -0.2) is 6.21 Å². The van der Waals surface area contributed by atoms with E-state index in [1.54, 1.807) is 12.3 Å². The average molecular weight is 376 g/mol. The summed E-state index contributed by atoms with van der Waals surface area (Å²) in [4.78, 5) is 0. The number of nitrogens with zero attached hydrogens (tertiary/aromatic N) is 2. The molecule has 4 nitrogen and oxygen atoms in total. The van der Waals surface area contributed by atoms with Crippen molar-refractivity contribution in [1.82, 2.24) is 5.43 Å². The first kappa shape index (κ1) is 18.5. The average Bonchev–Trinajstić information content (AvgIpc) is 2.72. The smallest absolute Gasteiger partial charge is 0.128 e. The maximum Gasteiger partial charge on any atom is 0.128 e. The minimum absolute atomic E-state index is 0.387. The molecular weight excluding hydrogens is 358 g/mol. The van der Waals surface area contributed by atoms with Crippen molar-refractivity contribution in [2.75, 3.05) is 0 Å². The van der Waals surface area contributed by atoms with E-state index in [0.717, 1.165) is 22.4 Å². The van der Waals surface area contributed by atoms with Crippen LogP contribution in [0.25, 0.3) is 0 Å². The zero-order valence-electron chi connectivity index (χ0n) is 14.6. The topological polar surface area (TPSA) is 57.4 Å². The minimum atomic E-state index is 0.387. The predicted octanol–water partition coefficient (Wildman–Crippen LogP) is 4.91. The number of benzene rings is 3. The van der Waals surface area contributed by atoms with Gasteiger partial charge in [-0.25, -0.2) is 0 Å². The van der Waals surface area contributed by atoms with Gasteiger partial charge in [-0.3, -0.25) is 0 Å². The molecule has 3 rings (SSSR count). The molecule has 0 radical (unpaired) electrons. The minimum Gasteiger partial charge on any atom is -0.488 e. The fourth-order valence-corrected chi connectivity index (χ4v) is 2.59. The second-order valence-electron chi connectivity index (χ2n) is 5.86. The Balaban J connectivity index is 1.59. The lowest BCUT2D eigenvalue weighted by molar-refractivity contribution is 0.306. The molecular formula is C22H18ClN3O. The lowest BCUT2D eigenvalue weighted by atomic mass is 10.1. The van der Waals surface area contributed by atoms with Gasteiger partial charge in [0.25, 0.3) is 0 Å². The van der Waals surface area contributed by atoms with Crippen molar-refractivity contribution in [3.63, 3.8) is 0 Å². The van der Waals surface area contributed by atoms with Crippen molar-refractivity contribution in [3.05, 3.63) is 100 Å². The molecule has 0 fully saturated rings. The lowest BCUT2D eigenvalue weighted by Gasteiger charge is -2.09. The van der Waals surface area contributed by atoms with Crippen molar-refractivity contribution in [1.29, 1.82) is 5.26 Å². The molecule has 0 spiro atoms. The summed E-state index contributed by atoms with van der Waals surface area (Å²) in [6.07, 6.45) is 1.73. The summed E-state index contributed by atoms with van der Waals surface area (Å²) in [7, 11) is 0. The molecule has 0 unspecified atom stereocenters. The van der Waals surface area contributed by atoms with Crippen LogP contribution in [-0.2, 0) is 13.2 Å². The molecule has 27 heavy (non-hydrogen) atoms. The molecule has 5 heteroatoms. The van der Waals surface area contributed by atoms with Gasteiger partial charge >= 0.3 is 0 Å². The molecule has 0 heterocycles. The van der Waals surface area contributed by atoms with Crippen LogP contribution in [0.5, 0.6) is 5.75 Å². The van der Waals surface area contributed by atoms with Gasteiger partial charge in [-0.15, -0.1) is 0 Å². The lowest BCUT2D eigenvalue weighted by Crippen LogP contribution is -2.06. The highest BCUT2D eigenvalue weighted by atomic mass is 35.5. The van der Waals surface area contributed by atoms with E-state index in [1.165, 1.54) is 0 Å². The van der Waals surface area contributed by atoms with Crippen molar-refractivity contribution in [2.45, 2.75) is 13.2 Å². The fraction of sp³-hybridized carbons (Fsp3) is 0.0909. The Morgan fingerprint density at radius 1 is 1.00 bits per heavy atom. The van der Waals surface area contributed by atoms with Gasteiger partial charge in [0.1, 0.15) is 12.4 Å².